The Balaban J connectivity index is 1.74. The lowest BCUT2D eigenvalue weighted by molar-refractivity contribution is -0.160. The van der Waals surface area contributed by atoms with E-state index >= 15 is 0 Å². The van der Waals surface area contributed by atoms with Crippen molar-refractivity contribution >= 4 is 11.8 Å². The van der Waals surface area contributed by atoms with Gasteiger partial charge in [0.2, 0.25) is 11.4 Å². The predicted molar refractivity (Wildman–Crippen MR) is 100 cm³/mol. The first-order chi connectivity index (χ1) is 13.1. The van der Waals surface area contributed by atoms with Gasteiger partial charge >= 0.3 is 5.97 Å². The summed E-state index contributed by atoms with van der Waals surface area (Å²) in [6.45, 7) is 4.60. The molecule has 2 atom stereocenters. The maximum atomic E-state index is 13.1. The van der Waals surface area contributed by atoms with E-state index in [0.717, 1.165) is 5.56 Å². The van der Waals surface area contributed by atoms with Gasteiger partial charge in [0.15, 0.2) is 0 Å². The average molecular weight is 366 g/mol. The van der Waals surface area contributed by atoms with Crippen molar-refractivity contribution in [1.82, 2.24) is 0 Å². The molecule has 0 bridgehead atoms. The number of Topliss-reactive ketones (excluding diaryl/α,β-unsaturated/α-hetero) is 1. The number of benzene rings is 2. The van der Waals surface area contributed by atoms with Gasteiger partial charge in [-0.15, -0.1) is 0 Å². The van der Waals surface area contributed by atoms with Crippen LogP contribution in [0.3, 0.4) is 0 Å². The van der Waals surface area contributed by atoms with Crippen LogP contribution in [-0.4, -0.2) is 37.2 Å². The molecule has 3 rings (SSSR count). The molecule has 0 saturated carbocycles. The molecule has 140 valence electrons. The Morgan fingerprint density at radius 1 is 1.11 bits per heavy atom. The summed E-state index contributed by atoms with van der Waals surface area (Å²) in [5.74, 6) is -1.22. The quantitative estimate of drug-likeness (QED) is 0.325. The number of carbonyl (C=O) groups is 2. The molecule has 1 unspecified atom stereocenters. The van der Waals surface area contributed by atoms with E-state index in [1.807, 2.05) is 30.3 Å². The van der Waals surface area contributed by atoms with Crippen LogP contribution in [0.2, 0.25) is 0 Å². The van der Waals surface area contributed by atoms with Crippen LogP contribution in [0.5, 0.6) is 0 Å². The molecule has 0 spiro atoms. The van der Waals surface area contributed by atoms with Crippen molar-refractivity contribution in [2.45, 2.75) is 24.7 Å². The molecule has 1 saturated heterocycles. The first-order valence-electron chi connectivity index (χ1n) is 8.74. The number of carbonyl (C=O) groups excluding carboxylic acids is 2. The monoisotopic (exact) mass is 366 g/mol. The number of hydrogen-bond donors (Lipinski definition) is 0. The van der Waals surface area contributed by atoms with Gasteiger partial charge in [-0.3, -0.25) is 4.79 Å². The van der Waals surface area contributed by atoms with Crippen molar-refractivity contribution in [3.05, 3.63) is 83.9 Å². The Labute approximate surface area is 158 Å². The maximum Gasteiger partial charge on any atom is 0.350 e. The Hall–Kier alpha value is -2.76. The van der Waals surface area contributed by atoms with Gasteiger partial charge in [0, 0.05) is 12.0 Å². The summed E-state index contributed by atoms with van der Waals surface area (Å²) in [6, 6.07) is 18.3. The zero-order chi connectivity index (χ0) is 19.3. The van der Waals surface area contributed by atoms with E-state index in [1.54, 1.807) is 30.3 Å². The highest BCUT2D eigenvalue weighted by Gasteiger charge is 2.56. The van der Waals surface area contributed by atoms with Crippen molar-refractivity contribution in [2.75, 3.05) is 13.7 Å². The van der Waals surface area contributed by atoms with Crippen LogP contribution >= 0.6 is 0 Å². The number of esters is 1. The lowest BCUT2D eigenvalue weighted by atomic mass is 9.86. The first kappa shape index (κ1) is 19.0. The number of ether oxygens (including phenoxy) is 3. The van der Waals surface area contributed by atoms with Crippen molar-refractivity contribution < 1.29 is 23.8 Å². The predicted octanol–water partition coefficient (Wildman–Crippen LogP) is 3.34. The lowest BCUT2D eigenvalue weighted by Crippen LogP contribution is -2.49. The lowest BCUT2D eigenvalue weighted by Gasteiger charge is -2.26. The van der Waals surface area contributed by atoms with E-state index in [-0.39, 0.29) is 6.61 Å². The van der Waals surface area contributed by atoms with Crippen LogP contribution < -0.4 is 0 Å². The van der Waals surface area contributed by atoms with E-state index in [1.165, 1.54) is 7.11 Å². The molecule has 1 aliphatic heterocycles. The molecule has 0 aromatic heterocycles. The fourth-order valence-corrected chi connectivity index (χ4v) is 3.20. The minimum absolute atomic E-state index is 0.245. The average Bonchev–Trinajstić information content (AvgIpc) is 3.05. The van der Waals surface area contributed by atoms with E-state index < -0.39 is 23.5 Å². The number of methoxy groups -OCH3 is 1. The Kier molecular flexibility index (Phi) is 5.84. The summed E-state index contributed by atoms with van der Waals surface area (Å²) in [6.07, 6.45) is -0.101. The van der Waals surface area contributed by atoms with Crippen molar-refractivity contribution in [2.24, 2.45) is 0 Å². The van der Waals surface area contributed by atoms with Gasteiger partial charge in [0.25, 0.3) is 0 Å². The minimum Gasteiger partial charge on any atom is -0.466 e. The second-order valence-electron chi connectivity index (χ2n) is 6.42. The molecule has 5 nitrogen and oxygen atoms in total. The fourth-order valence-electron chi connectivity index (χ4n) is 3.20. The zero-order valence-electron chi connectivity index (χ0n) is 15.2. The third-order valence-electron chi connectivity index (χ3n) is 4.56. The molecule has 27 heavy (non-hydrogen) atoms. The Morgan fingerprint density at radius 3 is 2.37 bits per heavy atom. The van der Waals surface area contributed by atoms with Crippen LogP contribution in [0.25, 0.3) is 0 Å². The largest absolute Gasteiger partial charge is 0.466 e. The number of ketones is 1. The highest BCUT2D eigenvalue weighted by Crippen LogP contribution is 2.38. The molecule has 5 heteroatoms. The highest BCUT2D eigenvalue weighted by atomic mass is 16.6. The molecule has 2 aromatic carbocycles. The second-order valence-corrected chi connectivity index (χ2v) is 6.42. The van der Waals surface area contributed by atoms with Crippen LogP contribution in [0.4, 0.5) is 0 Å². The molecule has 0 aliphatic carbocycles. The third-order valence-corrected chi connectivity index (χ3v) is 4.56. The zero-order valence-corrected chi connectivity index (χ0v) is 15.2. The van der Waals surface area contributed by atoms with E-state index in [2.05, 4.69) is 6.58 Å². The topological polar surface area (TPSA) is 61.8 Å². The Morgan fingerprint density at radius 2 is 1.74 bits per heavy atom. The van der Waals surface area contributed by atoms with E-state index in [4.69, 9.17) is 14.2 Å². The molecule has 1 heterocycles. The number of hydrogen-bond acceptors (Lipinski definition) is 5. The molecule has 0 amide bonds. The normalized spacial score (nSPS) is 21.8. The summed E-state index contributed by atoms with van der Waals surface area (Å²) in [5.41, 5.74) is -0.0306. The molecule has 1 aliphatic rings. The van der Waals surface area contributed by atoms with Crippen molar-refractivity contribution in [1.29, 1.82) is 0 Å². The van der Waals surface area contributed by atoms with E-state index in [9.17, 15) is 9.59 Å². The summed E-state index contributed by atoms with van der Waals surface area (Å²) in [7, 11) is 1.23. The molecule has 0 N–H and O–H groups in total. The first-order valence-corrected chi connectivity index (χ1v) is 8.74. The van der Waals surface area contributed by atoms with Crippen molar-refractivity contribution in [3.63, 3.8) is 0 Å². The summed E-state index contributed by atoms with van der Waals surface area (Å²) < 4.78 is 16.5. The second kappa shape index (κ2) is 8.29. The van der Waals surface area contributed by atoms with E-state index in [0.29, 0.717) is 24.2 Å². The van der Waals surface area contributed by atoms with Gasteiger partial charge in [-0.25, -0.2) is 4.79 Å². The van der Waals surface area contributed by atoms with Gasteiger partial charge in [0.1, 0.15) is 0 Å². The standard InChI is InChI=1S/C22H22O5/c1-16-13-19(15-26-14-17-9-5-3-6-10-17)27-22(16,21(24)25-2)20(23)18-11-7-4-8-12-18/h3-12,19H,1,13-15H2,2H3/t19-,22?/m0/s1. The van der Waals surface area contributed by atoms with Gasteiger partial charge in [-0.05, 0) is 11.1 Å². The van der Waals surface area contributed by atoms with Crippen LogP contribution in [0.1, 0.15) is 22.3 Å². The molecular formula is C22H22O5. The molecular weight excluding hydrogens is 344 g/mol. The van der Waals surface area contributed by atoms with Gasteiger partial charge in [-0.1, -0.05) is 67.2 Å². The van der Waals surface area contributed by atoms with Gasteiger partial charge < -0.3 is 14.2 Å². The van der Waals surface area contributed by atoms with Crippen LogP contribution in [0, 0.1) is 0 Å². The Bertz CT molecular complexity index is 815. The van der Waals surface area contributed by atoms with Gasteiger partial charge in [0.05, 0.1) is 26.4 Å². The number of rotatable bonds is 7. The highest BCUT2D eigenvalue weighted by molar-refractivity contribution is 6.18. The minimum atomic E-state index is -1.82. The summed E-state index contributed by atoms with van der Waals surface area (Å²) >= 11 is 0. The molecule has 0 radical (unpaired) electrons. The van der Waals surface area contributed by atoms with Gasteiger partial charge in [-0.2, -0.15) is 0 Å². The summed E-state index contributed by atoms with van der Waals surface area (Å²) in [4.78, 5) is 25.6. The summed E-state index contributed by atoms with van der Waals surface area (Å²) in [5, 5.41) is 0. The maximum absolute atomic E-state index is 13.1. The van der Waals surface area contributed by atoms with Crippen LogP contribution in [-0.2, 0) is 25.6 Å². The van der Waals surface area contributed by atoms with Crippen molar-refractivity contribution in [3.8, 4) is 0 Å². The fraction of sp³-hybridized carbons (Fsp3) is 0.273. The smallest absolute Gasteiger partial charge is 0.350 e. The molecule has 2 aromatic rings. The SMILES string of the molecule is C=C1C[C@@H](COCc2ccccc2)OC1(C(=O)OC)C(=O)c1ccccc1. The molecule has 1 fully saturated rings. The third kappa shape index (κ3) is 3.84. The van der Waals surface area contributed by atoms with Crippen LogP contribution in [0.15, 0.2) is 72.8 Å².